The quantitative estimate of drug-likeness (QED) is 0.381. The zero-order chi connectivity index (χ0) is 24.0. The Morgan fingerprint density at radius 2 is 1.46 bits per heavy atom. The third kappa shape index (κ3) is 5.59. The summed E-state index contributed by atoms with van der Waals surface area (Å²) in [4.78, 5) is 29.5. The number of carbonyl (C=O) groups is 1. The van der Waals surface area contributed by atoms with Crippen LogP contribution in [0.3, 0.4) is 0 Å². The molecular weight excluding hydrogens is 446 g/mol. The number of hydrogen-bond donors (Lipinski definition) is 2. The standard InChI is InChI=1S/C25H29N7O3/c33-22(34)19-9-7-18(8-10-19)21-12-11-20(35-21)17-26-30-23-27-24(31-13-3-1-4-14-31)29-25(28-23)32-15-5-2-6-16-32/h7-12,17H,1-6,13-16H2,(H,33,34)(H,27,28,29,30). The fourth-order valence-electron chi connectivity index (χ4n) is 4.38. The molecule has 2 aliphatic heterocycles. The largest absolute Gasteiger partial charge is 0.478 e. The maximum atomic E-state index is 11.0. The number of piperidine rings is 2. The summed E-state index contributed by atoms with van der Waals surface area (Å²) in [5.74, 6) is 2.03. The summed E-state index contributed by atoms with van der Waals surface area (Å²) in [6.07, 6.45) is 8.63. The van der Waals surface area contributed by atoms with E-state index >= 15 is 0 Å². The van der Waals surface area contributed by atoms with Gasteiger partial charge in [0.2, 0.25) is 17.8 Å². The van der Waals surface area contributed by atoms with Crippen molar-refractivity contribution in [3.05, 3.63) is 47.7 Å². The second kappa shape index (κ2) is 10.5. The first-order valence-electron chi connectivity index (χ1n) is 12.1. The number of benzene rings is 1. The third-order valence-corrected chi connectivity index (χ3v) is 6.29. The number of furan rings is 1. The first-order chi connectivity index (χ1) is 17.2. The monoisotopic (exact) mass is 475 g/mol. The van der Waals surface area contributed by atoms with Crippen molar-refractivity contribution in [1.29, 1.82) is 0 Å². The Balaban J connectivity index is 1.31. The fourth-order valence-corrected chi connectivity index (χ4v) is 4.38. The highest BCUT2D eigenvalue weighted by atomic mass is 16.4. The number of carboxylic acid groups (broad SMARTS) is 1. The van der Waals surface area contributed by atoms with Crippen molar-refractivity contribution >= 4 is 30.0 Å². The molecule has 0 aliphatic carbocycles. The lowest BCUT2D eigenvalue weighted by molar-refractivity contribution is 0.0697. The van der Waals surface area contributed by atoms with Crippen LogP contribution in [-0.2, 0) is 0 Å². The fraction of sp³-hybridized carbons (Fsp3) is 0.400. The SMILES string of the molecule is O=C(O)c1ccc(-c2ccc(C=NNc3nc(N4CCCCC4)nc(N4CCCCC4)n3)o2)cc1. The van der Waals surface area contributed by atoms with E-state index in [0.717, 1.165) is 57.4 Å². The predicted octanol–water partition coefficient (Wildman–Crippen LogP) is 4.26. The summed E-state index contributed by atoms with van der Waals surface area (Å²) in [7, 11) is 0. The Hall–Kier alpha value is -3.95. The third-order valence-electron chi connectivity index (χ3n) is 6.29. The summed E-state index contributed by atoms with van der Waals surface area (Å²) >= 11 is 0. The molecule has 35 heavy (non-hydrogen) atoms. The van der Waals surface area contributed by atoms with Gasteiger partial charge in [0, 0.05) is 31.7 Å². The van der Waals surface area contributed by atoms with Crippen molar-refractivity contribution in [3.8, 4) is 11.3 Å². The number of hydrogen-bond acceptors (Lipinski definition) is 9. The van der Waals surface area contributed by atoms with Crippen LogP contribution in [0.1, 0.15) is 54.6 Å². The van der Waals surface area contributed by atoms with Crippen LogP contribution >= 0.6 is 0 Å². The lowest BCUT2D eigenvalue weighted by atomic mass is 10.1. The summed E-state index contributed by atoms with van der Waals surface area (Å²) in [5, 5.41) is 13.3. The Morgan fingerprint density at radius 1 is 0.857 bits per heavy atom. The summed E-state index contributed by atoms with van der Waals surface area (Å²) < 4.78 is 5.84. The average Bonchev–Trinajstić information content (AvgIpc) is 3.38. The van der Waals surface area contributed by atoms with Gasteiger partial charge in [0.05, 0.1) is 11.8 Å². The van der Waals surface area contributed by atoms with Gasteiger partial charge in [-0.1, -0.05) is 12.1 Å². The highest BCUT2D eigenvalue weighted by Crippen LogP contribution is 2.24. The molecule has 1 aromatic carbocycles. The highest BCUT2D eigenvalue weighted by Gasteiger charge is 2.20. The van der Waals surface area contributed by atoms with Gasteiger partial charge >= 0.3 is 5.97 Å². The van der Waals surface area contributed by atoms with Gasteiger partial charge in [-0.2, -0.15) is 20.1 Å². The van der Waals surface area contributed by atoms with E-state index in [1.807, 2.05) is 6.07 Å². The van der Waals surface area contributed by atoms with Gasteiger partial charge in [-0.15, -0.1) is 0 Å². The highest BCUT2D eigenvalue weighted by molar-refractivity contribution is 5.88. The van der Waals surface area contributed by atoms with Gasteiger partial charge in [0.15, 0.2) is 0 Å². The van der Waals surface area contributed by atoms with Crippen LogP contribution in [0, 0.1) is 0 Å². The molecule has 0 unspecified atom stereocenters. The van der Waals surface area contributed by atoms with Crippen molar-refractivity contribution in [2.24, 2.45) is 5.10 Å². The molecule has 2 saturated heterocycles. The molecule has 2 fully saturated rings. The van der Waals surface area contributed by atoms with Crippen LogP contribution in [0.15, 0.2) is 45.9 Å². The molecule has 4 heterocycles. The molecule has 2 N–H and O–H groups in total. The number of rotatable bonds is 7. The first-order valence-corrected chi connectivity index (χ1v) is 12.1. The van der Waals surface area contributed by atoms with E-state index < -0.39 is 5.97 Å². The molecule has 3 aromatic rings. The van der Waals surface area contributed by atoms with Crippen molar-refractivity contribution in [2.45, 2.75) is 38.5 Å². The number of anilines is 3. The van der Waals surface area contributed by atoms with Crippen molar-refractivity contribution in [3.63, 3.8) is 0 Å². The minimum Gasteiger partial charge on any atom is -0.478 e. The molecule has 0 bridgehead atoms. The molecule has 0 spiro atoms. The minimum absolute atomic E-state index is 0.233. The van der Waals surface area contributed by atoms with E-state index in [0.29, 0.717) is 29.4 Å². The van der Waals surface area contributed by atoms with Gasteiger partial charge in [-0.25, -0.2) is 10.2 Å². The zero-order valence-corrected chi connectivity index (χ0v) is 19.6. The number of nitrogens with zero attached hydrogens (tertiary/aromatic N) is 6. The number of hydrazone groups is 1. The maximum Gasteiger partial charge on any atom is 0.335 e. The van der Waals surface area contributed by atoms with Gasteiger partial charge in [-0.3, -0.25) is 0 Å². The Labute approximate surface area is 203 Å². The van der Waals surface area contributed by atoms with E-state index in [9.17, 15) is 4.79 Å². The molecule has 10 heteroatoms. The Morgan fingerprint density at radius 3 is 2.03 bits per heavy atom. The lowest BCUT2D eigenvalue weighted by Crippen LogP contribution is -2.34. The minimum atomic E-state index is -0.958. The molecule has 2 aliphatic rings. The van der Waals surface area contributed by atoms with E-state index in [4.69, 9.17) is 14.5 Å². The Kier molecular flexibility index (Phi) is 6.87. The van der Waals surface area contributed by atoms with Crippen LogP contribution in [0.5, 0.6) is 0 Å². The second-order valence-corrected chi connectivity index (χ2v) is 8.81. The molecule has 182 valence electrons. The van der Waals surface area contributed by atoms with Crippen molar-refractivity contribution in [1.82, 2.24) is 15.0 Å². The average molecular weight is 476 g/mol. The summed E-state index contributed by atoms with van der Waals surface area (Å²) in [6.45, 7) is 3.81. The Bertz CT molecular complexity index is 1140. The summed E-state index contributed by atoms with van der Waals surface area (Å²) in [6, 6.07) is 10.2. The molecule has 0 radical (unpaired) electrons. The maximum absolute atomic E-state index is 11.0. The predicted molar refractivity (Wildman–Crippen MR) is 134 cm³/mol. The molecule has 0 atom stereocenters. The van der Waals surface area contributed by atoms with Crippen molar-refractivity contribution in [2.75, 3.05) is 41.4 Å². The molecule has 5 rings (SSSR count). The molecule has 0 saturated carbocycles. The number of aromatic nitrogens is 3. The number of carboxylic acids is 1. The molecule has 10 nitrogen and oxygen atoms in total. The van der Waals surface area contributed by atoms with Gasteiger partial charge in [0.1, 0.15) is 11.5 Å². The van der Waals surface area contributed by atoms with E-state index in [2.05, 4.69) is 30.3 Å². The van der Waals surface area contributed by atoms with Gasteiger partial charge < -0.3 is 19.3 Å². The lowest BCUT2D eigenvalue weighted by Gasteiger charge is -2.30. The summed E-state index contributed by atoms with van der Waals surface area (Å²) in [5.41, 5.74) is 3.97. The smallest absolute Gasteiger partial charge is 0.335 e. The van der Waals surface area contributed by atoms with Crippen LogP contribution in [0.2, 0.25) is 0 Å². The van der Waals surface area contributed by atoms with Gasteiger partial charge in [0.25, 0.3) is 0 Å². The number of nitrogens with one attached hydrogen (secondary N) is 1. The topological polar surface area (TPSA) is 120 Å². The van der Waals surface area contributed by atoms with Crippen LogP contribution in [0.25, 0.3) is 11.3 Å². The van der Waals surface area contributed by atoms with Crippen molar-refractivity contribution < 1.29 is 14.3 Å². The molecular formula is C25H29N7O3. The molecule has 0 amide bonds. The normalized spacial score (nSPS) is 16.6. The number of aromatic carboxylic acids is 1. The van der Waals surface area contributed by atoms with E-state index in [1.165, 1.54) is 12.8 Å². The molecule has 2 aromatic heterocycles. The van der Waals surface area contributed by atoms with E-state index in [-0.39, 0.29) is 5.56 Å². The van der Waals surface area contributed by atoms with Crippen LogP contribution in [-0.4, -0.2) is 58.4 Å². The van der Waals surface area contributed by atoms with Crippen LogP contribution < -0.4 is 15.2 Å². The second-order valence-electron chi connectivity index (χ2n) is 8.81. The first kappa shape index (κ1) is 22.8. The van der Waals surface area contributed by atoms with Gasteiger partial charge in [-0.05, 0) is 62.8 Å². The van der Waals surface area contributed by atoms with Crippen LogP contribution in [0.4, 0.5) is 17.8 Å². The van der Waals surface area contributed by atoms with E-state index in [1.54, 1.807) is 36.5 Å². The zero-order valence-electron chi connectivity index (χ0n) is 19.6.